The summed E-state index contributed by atoms with van der Waals surface area (Å²) < 4.78 is 55.6. The van der Waals surface area contributed by atoms with Gasteiger partial charge in [0.2, 0.25) is 0 Å². The van der Waals surface area contributed by atoms with Gasteiger partial charge in [-0.3, -0.25) is 4.79 Å². The first-order valence-corrected chi connectivity index (χ1v) is 9.21. The Morgan fingerprint density at radius 1 is 1.20 bits per heavy atom. The van der Waals surface area contributed by atoms with Gasteiger partial charge in [0, 0.05) is 29.4 Å². The lowest BCUT2D eigenvalue weighted by Gasteiger charge is -2.33. The fourth-order valence-corrected chi connectivity index (χ4v) is 3.37. The molecule has 0 bridgehead atoms. The van der Waals surface area contributed by atoms with Crippen molar-refractivity contribution in [3.8, 4) is 0 Å². The Labute approximate surface area is 173 Å². The molecule has 158 valence electrons. The molecule has 0 unspecified atom stereocenters. The van der Waals surface area contributed by atoms with Crippen LogP contribution in [0.25, 0.3) is 10.8 Å². The number of hydrogen-bond acceptors (Lipinski definition) is 2. The molecule has 0 fully saturated rings. The molecule has 2 aromatic carbocycles. The summed E-state index contributed by atoms with van der Waals surface area (Å²) in [5.41, 5.74) is -0.771. The lowest BCUT2D eigenvalue weighted by atomic mass is 10.00. The highest BCUT2D eigenvalue weighted by Gasteiger charge is 2.47. The molecule has 0 aliphatic heterocycles. The Morgan fingerprint density at radius 2 is 1.87 bits per heavy atom. The summed E-state index contributed by atoms with van der Waals surface area (Å²) in [5.74, 6) is -0.727. The van der Waals surface area contributed by atoms with Crippen LogP contribution < -0.4 is 10.9 Å². The summed E-state index contributed by atoms with van der Waals surface area (Å²) >= 11 is 5.67. The Bertz CT molecular complexity index is 1150. The summed E-state index contributed by atoms with van der Waals surface area (Å²) in [7, 11) is 0. The number of aromatic amines is 1. The highest BCUT2D eigenvalue weighted by Crippen LogP contribution is 2.40. The molecule has 2 N–H and O–H groups in total. The predicted molar refractivity (Wildman–Crippen MR) is 106 cm³/mol. The van der Waals surface area contributed by atoms with Gasteiger partial charge in [0.05, 0.1) is 5.02 Å². The minimum absolute atomic E-state index is 0.0390. The first-order valence-electron chi connectivity index (χ1n) is 8.83. The van der Waals surface area contributed by atoms with Gasteiger partial charge in [0.1, 0.15) is 5.82 Å². The standard InChI is InChI=1S/C20H16ClF4N3O2/c1-2-28(19(30)27-11-7-8-16(22)15(21)9-11)17(20(23,24)25)14-10-26-18(29)13-6-4-3-5-12(13)14/h3-10,17H,2H2,1H3,(H,26,29)(H,27,30)/t17-/m0/s1. The van der Waals surface area contributed by atoms with Crippen molar-refractivity contribution in [1.82, 2.24) is 9.88 Å². The molecule has 0 aliphatic carbocycles. The van der Waals surface area contributed by atoms with E-state index < -0.39 is 29.6 Å². The molecule has 3 rings (SSSR count). The van der Waals surface area contributed by atoms with Gasteiger partial charge < -0.3 is 15.2 Å². The largest absolute Gasteiger partial charge is 0.413 e. The van der Waals surface area contributed by atoms with Crippen LogP contribution in [0.15, 0.2) is 53.5 Å². The number of benzene rings is 2. The number of fused-ring (bicyclic) bond motifs is 1. The maximum atomic E-state index is 14.1. The van der Waals surface area contributed by atoms with Gasteiger partial charge in [0.15, 0.2) is 6.04 Å². The number of urea groups is 1. The quantitative estimate of drug-likeness (QED) is 0.527. The number of pyridine rings is 1. The zero-order chi connectivity index (χ0) is 22.1. The molecule has 0 saturated heterocycles. The van der Waals surface area contributed by atoms with Crippen LogP contribution in [-0.2, 0) is 0 Å². The van der Waals surface area contributed by atoms with Crippen molar-refractivity contribution in [3.05, 3.63) is 75.4 Å². The molecule has 0 aliphatic rings. The number of carbonyl (C=O) groups is 1. The van der Waals surface area contributed by atoms with Gasteiger partial charge in [-0.05, 0) is 36.6 Å². The second-order valence-corrected chi connectivity index (χ2v) is 6.82. The third-order valence-electron chi connectivity index (χ3n) is 4.53. The first kappa shape index (κ1) is 21.6. The van der Waals surface area contributed by atoms with E-state index in [-0.39, 0.29) is 33.6 Å². The molecular weight excluding hydrogens is 426 g/mol. The van der Waals surface area contributed by atoms with E-state index in [0.717, 1.165) is 18.3 Å². The van der Waals surface area contributed by atoms with Gasteiger partial charge in [-0.1, -0.05) is 29.8 Å². The average molecular weight is 442 g/mol. The molecule has 0 radical (unpaired) electrons. The van der Waals surface area contributed by atoms with Crippen LogP contribution >= 0.6 is 11.6 Å². The Balaban J connectivity index is 2.06. The molecule has 30 heavy (non-hydrogen) atoms. The van der Waals surface area contributed by atoms with Crippen molar-refractivity contribution in [3.63, 3.8) is 0 Å². The van der Waals surface area contributed by atoms with E-state index in [9.17, 15) is 27.2 Å². The van der Waals surface area contributed by atoms with Crippen LogP contribution in [0, 0.1) is 5.82 Å². The summed E-state index contributed by atoms with van der Waals surface area (Å²) in [6.07, 6.45) is -3.87. The van der Waals surface area contributed by atoms with Crippen LogP contribution in [0.4, 0.5) is 28.0 Å². The number of alkyl halides is 3. The number of hydrogen-bond donors (Lipinski definition) is 2. The predicted octanol–water partition coefficient (Wildman–Crippen LogP) is 5.48. The number of nitrogens with one attached hydrogen (secondary N) is 2. The van der Waals surface area contributed by atoms with Crippen molar-refractivity contribution in [2.45, 2.75) is 19.1 Å². The molecule has 3 aromatic rings. The third-order valence-corrected chi connectivity index (χ3v) is 4.82. The van der Waals surface area contributed by atoms with Gasteiger partial charge >= 0.3 is 12.2 Å². The Hall–Kier alpha value is -3.07. The fourth-order valence-electron chi connectivity index (χ4n) is 3.19. The lowest BCUT2D eigenvalue weighted by Crippen LogP contribution is -2.44. The minimum Gasteiger partial charge on any atom is -0.328 e. The number of halogens is 5. The van der Waals surface area contributed by atoms with Crippen molar-refractivity contribution in [2.75, 3.05) is 11.9 Å². The van der Waals surface area contributed by atoms with E-state index in [1.165, 1.54) is 37.3 Å². The summed E-state index contributed by atoms with van der Waals surface area (Å²) in [5, 5.41) is 2.18. The Kier molecular flexibility index (Phi) is 6.02. The van der Waals surface area contributed by atoms with Crippen LogP contribution in [0.2, 0.25) is 5.02 Å². The van der Waals surface area contributed by atoms with Crippen LogP contribution in [0.5, 0.6) is 0 Å². The zero-order valence-corrected chi connectivity index (χ0v) is 16.3. The molecule has 0 saturated carbocycles. The SMILES string of the molecule is CCN(C(=O)Nc1ccc(F)c(Cl)c1)[C@@H](c1c[nH]c(=O)c2ccccc12)C(F)(F)F. The zero-order valence-electron chi connectivity index (χ0n) is 15.6. The second kappa shape index (κ2) is 8.35. The smallest absolute Gasteiger partial charge is 0.328 e. The molecule has 0 spiro atoms. The molecule has 1 aromatic heterocycles. The van der Waals surface area contributed by atoms with E-state index in [1.54, 1.807) is 0 Å². The van der Waals surface area contributed by atoms with Crippen molar-refractivity contribution in [2.24, 2.45) is 0 Å². The molecule has 1 atom stereocenters. The summed E-state index contributed by atoms with van der Waals surface area (Å²) in [4.78, 5) is 27.6. The Morgan fingerprint density at radius 3 is 2.47 bits per heavy atom. The molecule has 1 heterocycles. The van der Waals surface area contributed by atoms with Crippen LogP contribution in [0.3, 0.4) is 0 Å². The number of anilines is 1. The average Bonchev–Trinajstić information content (AvgIpc) is 2.69. The summed E-state index contributed by atoms with van der Waals surface area (Å²) in [6.45, 7) is 1.10. The molecule has 5 nitrogen and oxygen atoms in total. The van der Waals surface area contributed by atoms with Gasteiger partial charge in [-0.15, -0.1) is 0 Å². The van der Waals surface area contributed by atoms with Crippen molar-refractivity contribution >= 4 is 34.1 Å². The number of carbonyl (C=O) groups excluding carboxylic acids is 1. The topological polar surface area (TPSA) is 65.2 Å². The van der Waals surface area contributed by atoms with Gasteiger partial charge in [-0.2, -0.15) is 13.2 Å². The highest BCUT2D eigenvalue weighted by molar-refractivity contribution is 6.31. The number of rotatable bonds is 4. The van der Waals surface area contributed by atoms with Crippen molar-refractivity contribution in [1.29, 1.82) is 0 Å². The normalized spacial score (nSPS) is 12.6. The maximum absolute atomic E-state index is 14.1. The maximum Gasteiger partial charge on any atom is 0.413 e. The monoisotopic (exact) mass is 441 g/mol. The van der Waals surface area contributed by atoms with Gasteiger partial charge in [0.25, 0.3) is 5.56 Å². The van der Waals surface area contributed by atoms with E-state index in [2.05, 4.69) is 10.3 Å². The molecular formula is C20H16ClF4N3O2. The molecule has 10 heteroatoms. The fraction of sp³-hybridized carbons (Fsp3) is 0.200. The van der Waals surface area contributed by atoms with Crippen molar-refractivity contribution < 1.29 is 22.4 Å². The van der Waals surface area contributed by atoms with Crippen LogP contribution in [-0.4, -0.2) is 28.6 Å². The van der Waals surface area contributed by atoms with Gasteiger partial charge in [-0.25, -0.2) is 9.18 Å². The van der Waals surface area contributed by atoms with E-state index >= 15 is 0 Å². The lowest BCUT2D eigenvalue weighted by molar-refractivity contribution is -0.177. The minimum atomic E-state index is -4.84. The number of aromatic nitrogens is 1. The van der Waals surface area contributed by atoms with Crippen LogP contribution in [0.1, 0.15) is 18.5 Å². The van der Waals surface area contributed by atoms with E-state index in [1.807, 2.05) is 0 Å². The van der Waals surface area contributed by atoms with E-state index in [0.29, 0.717) is 4.90 Å². The first-order chi connectivity index (χ1) is 14.1. The van der Waals surface area contributed by atoms with E-state index in [4.69, 9.17) is 11.6 Å². The summed E-state index contributed by atoms with van der Waals surface area (Å²) in [6, 6.07) is 5.72. The number of amides is 2. The third kappa shape index (κ3) is 4.25. The number of H-pyrrole nitrogens is 1. The highest BCUT2D eigenvalue weighted by atomic mass is 35.5. The second-order valence-electron chi connectivity index (χ2n) is 6.41. The molecule has 2 amide bonds. The number of nitrogens with zero attached hydrogens (tertiary/aromatic N) is 1.